The monoisotopic (exact) mass is 272 g/mol. The molecule has 0 aliphatic carbocycles. The van der Waals surface area contributed by atoms with Gasteiger partial charge in [-0.05, 0) is 45.0 Å². The van der Waals surface area contributed by atoms with Gasteiger partial charge in [0.05, 0.1) is 12.3 Å². The number of rotatable bonds is 3. The molecule has 98 valence electrons. The van der Waals surface area contributed by atoms with Gasteiger partial charge in [0.2, 0.25) is 0 Å². The number of nitrogens with zero attached hydrogens (tertiary/aromatic N) is 2. The van der Waals surface area contributed by atoms with Gasteiger partial charge in [0.1, 0.15) is 5.75 Å². The van der Waals surface area contributed by atoms with Gasteiger partial charge in [-0.3, -0.25) is 4.40 Å². The Morgan fingerprint density at radius 3 is 2.58 bits per heavy atom. The summed E-state index contributed by atoms with van der Waals surface area (Å²) in [6, 6.07) is 8.09. The summed E-state index contributed by atoms with van der Waals surface area (Å²) in [5.74, 6) is 0.902. The lowest BCUT2D eigenvalue weighted by Crippen LogP contribution is -1.90. The highest BCUT2D eigenvalue weighted by Gasteiger charge is 2.10. The lowest BCUT2D eigenvalue weighted by atomic mass is 10.2. The van der Waals surface area contributed by atoms with Crippen LogP contribution in [0.25, 0.3) is 16.2 Å². The highest BCUT2D eigenvalue weighted by atomic mass is 32.1. The topological polar surface area (TPSA) is 26.5 Å². The van der Waals surface area contributed by atoms with Gasteiger partial charge in [-0.15, -0.1) is 11.3 Å². The van der Waals surface area contributed by atoms with Gasteiger partial charge in [-0.25, -0.2) is 4.98 Å². The number of aromatic nitrogens is 2. The molecule has 2 aromatic heterocycles. The number of thiazole rings is 1. The fraction of sp³-hybridized carbons (Fsp3) is 0.267. The predicted octanol–water partition coefficient (Wildman–Crippen LogP) is 4.08. The number of aryl methyl sites for hydroxylation is 2. The van der Waals surface area contributed by atoms with Crippen molar-refractivity contribution in [1.82, 2.24) is 9.38 Å². The third kappa shape index (κ3) is 2.12. The van der Waals surface area contributed by atoms with Crippen LogP contribution in [-0.2, 0) is 0 Å². The predicted molar refractivity (Wildman–Crippen MR) is 79.1 cm³/mol. The van der Waals surface area contributed by atoms with Gasteiger partial charge < -0.3 is 4.74 Å². The Bertz CT molecular complexity index is 710. The minimum Gasteiger partial charge on any atom is -0.494 e. The van der Waals surface area contributed by atoms with Crippen LogP contribution in [0.4, 0.5) is 0 Å². The average Bonchev–Trinajstić information content (AvgIpc) is 2.92. The molecule has 3 rings (SSSR count). The van der Waals surface area contributed by atoms with Crippen LogP contribution in [-0.4, -0.2) is 16.0 Å². The van der Waals surface area contributed by atoms with E-state index in [1.807, 2.05) is 19.1 Å². The van der Waals surface area contributed by atoms with E-state index in [0.717, 1.165) is 22.0 Å². The minimum atomic E-state index is 0.692. The summed E-state index contributed by atoms with van der Waals surface area (Å²) >= 11 is 1.73. The van der Waals surface area contributed by atoms with Gasteiger partial charge in [-0.2, -0.15) is 0 Å². The molecule has 0 aliphatic rings. The highest BCUT2D eigenvalue weighted by Crippen LogP contribution is 2.27. The maximum atomic E-state index is 5.45. The number of benzene rings is 1. The number of ether oxygens (including phenoxy) is 1. The molecule has 0 spiro atoms. The number of imidazole rings is 1. The zero-order valence-electron chi connectivity index (χ0n) is 11.3. The number of hydrogen-bond acceptors (Lipinski definition) is 3. The van der Waals surface area contributed by atoms with Crippen molar-refractivity contribution in [3.8, 4) is 17.0 Å². The summed E-state index contributed by atoms with van der Waals surface area (Å²) in [6.45, 7) is 6.94. The van der Waals surface area contributed by atoms with Crippen molar-refractivity contribution < 1.29 is 4.74 Å². The molecule has 0 fully saturated rings. The van der Waals surface area contributed by atoms with Crippen molar-refractivity contribution in [2.45, 2.75) is 20.8 Å². The zero-order chi connectivity index (χ0) is 13.4. The van der Waals surface area contributed by atoms with Gasteiger partial charge in [0.15, 0.2) is 4.96 Å². The Balaban J connectivity index is 1.99. The standard InChI is InChI=1S/C15H16N2OS/c1-4-18-13-7-5-12(6-8-13)14-9-17-10(2)11(3)19-15(17)16-14/h5-9H,4H2,1-3H3. The molecule has 0 aliphatic heterocycles. The summed E-state index contributed by atoms with van der Waals surface area (Å²) in [5, 5.41) is 0. The Morgan fingerprint density at radius 2 is 1.95 bits per heavy atom. The molecule has 1 aromatic carbocycles. The van der Waals surface area contributed by atoms with Crippen molar-refractivity contribution in [2.75, 3.05) is 6.61 Å². The Hall–Kier alpha value is -1.81. The summed E-state index contributed by atoms with van der Waals surface area (Å²) in [4.78, 5) is 7.06. The Labute approximate surface area is 116 Å². The maximum Gasteiger partial charge on any atom is 0.194 e. The molecule has 3 aromatic rings. The lowest BCUT2D eigenvalue weighted by molar-refractivity contribution is 0.340. The molecule has 3 nitrogen and oxygen atoms in total. The molecular formula is C15H16N2OS. The van der Waals surface area contributed by atoms with Gasteiger partial charge >= 0.3 is 0 Å². The summed E-state index contributed by atoms with van der Waals surface area (Å²) in [7, 11) is 0. The van der Waals surface area contributed by atoms with E-state index in [0.29, 0.717) is 6.61 Å². The second-order valence-corrected chi connectivity index (χ2v) is 5.66. The molecule has 0 saturated carbocycles. The molecule has 0 saturated heterocycles. The maximum absolute atomic E-state index is 5.45. The first-order chi connectivity index (χ1) is 9.19. The molecule has 4 heteroatoms. The van der Waals surface area contributed by atoms with Crippen molar-refractivity contribution in [2.24, 2.45) is 0 Å². The van der Waals surface area contributed by atoms with E-state index < -0.39 is 0 Å². The minimum absolute atomic E-state index is 0.692. The van der Waals surface area contributed by atoms with Crippen molar-refractivity contribution in [3.63, 3.8) is 0 Å². The fourth-order valence-electron chi connectivity index (χ4n) is 2.08. The van der Waals surface area contributed by atoms with E-state index >= 15 is 0 Å². The SMILES string of the molecule is CCOc1ccc(-c2cn3c(C)c(C)sc3n2)cc1. The first-order valence-corrected chi connectivity index (χ1v) is 7.19. The molecular weight excluding hydrogens is 256 g/mol. The molecule has 0 amide bonds. The largest absolute Gasteiger partial charge is 0.494 e. The summed E-state index contributed by atoms with van der Waals surface area (Å²) in [5.41, 5.74) is 3.40. The first kappa shape index (κ1) is 12.2. The quantitative estimate of drug-likeness (QED) is 0.718. The molecule has 0 N–H and O–H groups in total. The van der Waals surface area contributed by atoms with E-state index in [2.05, 4.69) is 41.6 Å². The number of hydrogen-bond donors (Lipinski definition) is 0. The van der Waals surface area contributed by atoms with Crippen molar-refractivity contribution in [3.05, 3.63) is 41.0 Å². The van der Waals surface area contributed by atoms with Crippen LogP contribution in [0.1, 0.15) is 17.5 Å². The third-order valence-corrected chi connectivity index (χ3v) is 4.32. The molecule has 2 heterocycles. The van der Waals surface area contributed by atoms with E-state index in [9.17, 15) is 0 Å². The first-order valence-electron chi connectivity index (χ1n) is 6.37. The van der Waals surface area contributed by atoms with Gasteiger partial charge in [0.25, 0.3) is 0 Å². The van der Waals surface area contributed by atoms with E-state index in [1.165, 1.54) is 10.6 Å². The van der Waals surface area contributed by atoms with Crippen LogP contribution >= 0.6 is 11.3 Å². The van der Waals surface area contributed by atoms with Crippen LogP contribution in [0.15, 0.2) is 30.5 Å². The van der Waals surface area contributed by atoms with Crippen LogP contribution < -0.4 is 4.74 Å². The smallest absolute Gasteiger partial charge is 0.194 e. The van der Waals surface area contributed by atoms with Gasteiger partial charge in [0, 0.05) is 22.3 Å². The average molecular weight is 272 g/mol. The van der Waals surface area contributed by atoms with E-state index in [-0.39, 0.29) is 0 Å². The van der Waals surface area contributed by atoms with E-state index in [4.69, 9.17) is 4.74 Å². The summed E-state index contributed by atoms with van der Waals surface area (Å²) in [6.07, 6.45) is 2.10. The van der Waals surface area contributed by atoms with Crippen LogP contribution in [0.5, 0.6) is 5.75 Å². The zero-order valence-corrected chi connectivity index (χ0v) is 12.1. The molecule has 0 unspecified atom stereocenters. The Morgan fingerprint density at radius 1 is 1.21 bits per heavy atom. The van der Waals surface area contributed by atoms with Crippen molar-refractivity contribution in [1.29, 1.82) is 0 Å². The lowest BCUT2D eigenvalue weighted by Gasteiger charge is -2.03. The van der Waals surface area contributed by atoms with Crippen LogP contribution in [0, 0.1) is 13.8 Å². The second kappa shape index (κ2) is 4.70. The second-order valence-electron chi connectivity index (χ2n) is 4.48. The number of fused-ring (bicyclic) bond motifs is 1. The molecule has 0 radical (unpaired) electrons. The van der Waals surface area contributed by atoms with Crippen LogP contribution in [0.2, 0.25) is 0 Å². The Kier molecular flexibility index (Phi) is 3.03. The fourth-order valence-corrected chi connectivity index (χ4v) is 3.04. The highest BCUT2D eigenvalue weighted by molar-refractivity contribution is 7.17. The van der Waals surface area contributed by atoms with E-state index in [1.54, 1.807) is 11.3 Å². The normalized spacial score (nSPS) is 11.1. The van der Waals surface area contributed by atoms with Crippen LogP contribution in [0.3, 0.4) is 0 Å². The molecule has 0 bridgehead atoms. The third-order valence-electron chi connectivity index (χ3n) is 3.25. The van der Waals surface area contributed by atoms with Crippen molar-refractivity contribution >= 4 is 16.3 Å². The molecule has 0 atom stereocenters. The summed E-state index contributed by atoms with van der Waals surface area (Å²) < 4.78 is 7.61. The molecule has 19 heavy (non-hydrogen) atoms. The van der Waals surface area contributed by atoms with Gasteiger partial charge in [-0.1, -0.05) is 0 Å².